The van der Waals surface area contributed by atoms with Gasteiger partial charge in [0.25, 0.3) is 0 Å². The van der Waals surface area contributed by atoms with E-state index < -0.39 is 0 Å². The highest BCUT2D eigenvalue weighted by Gasteiger charge is 2.15. The second kappa shape index (κ2) is 10.6. The van der Waals surface area contributed by atoms with Crippen LogP contribution in [0.3, 0.4) is 0 Å². The van der Waals surface area contributed by atoms with E-state index >= 15 is 0 Å². The Morgan fingerprint density at radius 3 is 2.02 bits per heavy atom. The average Bonchev–Trinajstić information content (AvgIpc) is 3.53. The van der Waals surface area contributed by atoms with Crippen molar-refractivity contribution in [1.82, 2.24) is 19.6 Å². The molecule has 0 aliphatic carbocycles. The number of aromatic nitrogens is 4. The largest absolute Gasteiger partial charge is 0.252 e. The molecule has 0 saturated carbocycles. The quantitative estimate of drug-likeness (QED) is 0.195. The van der Waals surface area contributed by atoms with E-state index in [9.17, 15) is 0 Å². The van der Waals surface area contributed by atoms with E-state index in [1.165, 1.54) is 21.9 Å². The maximum absolute atomic E-state index is 5.06. The Balaban J connectivity index is 1.25. The van der Waals surface area contributed by atoms with Crippen LogP contribution in [-0.4, -0.2) is 19.6 Å². The molecule has 0 fully saturated rings. The first-order chi connectivity index (χ1) is 21.6. The molecule has 5 aromatic carbocycles. The number of hydrogen-bond acceptors (Lipinski definition) is 3. The predicted octanol–water partition coefficient (Wildman–Crippen LogP) is 9.97. The predicted molar refractivity (Wildman–Crippen MR) is 182 cm³/mol. The topological polar surface area (TPSA) is 43.1 Å². The SMILES string of the molecule is CCc1ccc2c(-c3ccc(-c4nc5c(-c6ccccc6)cc(-c6ccccc6)cn5n4)cc3)cc3ccc(C)nc3c2c1. The first kappa shape index (κ1) is 26.1. The van der Waals surface area contributed by atoms with Crippen LogP contribution in [0.2, 0.25) is 0 Å². The van der Waals surface area contributed by atoms with Crippen LogP contribution < -0.4 is 0 Å². The van der Waals surface area contributed by atoms with Crippen molar-refractivity contribution in [3.8, 4) is 44.8 Å². The maximum Gasteiger partial charge on any atom is 0.182 e. The summed E-state index contributed by atoms with van der Waals surface area (Å²) >= 11 is 0. The van der Waals surface area contributed by atoms with Crippen LogP contribution in [0.5, 0.6) is 0 Å². The third-order valence-electron chi connectivity index (χ3n) is 8.48. The number of hydrogen-bond donors (Lipinski definition) is 0. The van der Waals surface area contributed by atoms with E-state index in [1.807, 2.05) is 16.6 Å². The van der Waals surface area contributed by atoms with E-state index in [0.29, 0.717) is 5.82 Å². The molecule has 0 atom stereocenters. The first-order valence-corrected chi connectivity index (χ1v) is 15.1. The van der Waals surface area contributed by atoms with Crippen LogP contribution in [-0.2, 0) is 6.42 Å². The smallest absolute Gasteiger partial charge is 0.182 e. The van der Waals surface area contributed by atoms with Crippen LogP contribution in [0.15, 0.2) is 134 Å². The first-order valence-electron chi connectivity index (χ1n) is 15.1. The maximum atomic E-state index is 5.06. The summed E-state index contributed by atoms with van der Waals surface area (Å²) in [4.78, 5) is 9.98. The molecule has 0 saturated heterocycles. The van der Waals surface area contributed by atoms with Gasteiger partial charge in [-0.3, -0.25) is 4.98 Å². The van der Waals surface area contributed by atoms with E-state index in [-0.39, 0.29) is 0 Å². The average molecular weight is 567 g/mol. The molecule has 3 aromatic heterocycles. The fourth-order valence-electron chi connectivity index (χ4n) is 6.14. The number of fused-ring (bicyclic) bond motifs is 4. The molecule has 0 aliphatic heterocycles. The highest BCUT2D eigenvalue weighted by Crippen LogP contribution is 2.36. The molecule has 4 heteroatoms. The van der Waals surface area contributed by atoms with Gasteiger partial charge in [0.2, 0.25) is 0 Å². The van der Waals surface area contributed by atoms with Crippen molar-refractivity contribution in [2.75, 3.05) is 0 Å². The van der Waals surface area contributed by atoms with Gasteiger partial charge in [0.05, 0.1) is 5.52 Å². The van der Waals surface area contributed by atoms with Crippen molar-refractivity contribution in [3.63, 3.8) is 0 Å². The van der Waals surface area contributed by atoms with Crippen molar-refractivity contribution in [2.45, 2.75) is 20.3 Å². The molecule has 0 bridgehead atoms. The fraction of sp³-hybridized carbons (Fsp3) is 0.0750. The van der Waals surface area contributed by atoms with Gasteiger partial charge in [0.15, 0.2) is 11.5 Å². The van der Waals surface area contributed by atoms with Gasteiger partial charge in [-0.1, -0.05) is 110 Å². The van der Waals surface area contributed by atoms with Gasteiger partial charge in [-0.2, -0.15) is 0 Å². The molecule has 0 unspecified atom stereocenters. The minimum Gasteiger partial charge on any atom is -0.252 e. The van der Waals surface area contributed by atoms with E-state index in [1.54, 1.807) is 0 Å². The normalized spacial score (nSPS) is 11.5. The monoisotopic (exact) mass is 566 g/mol. The standard InChI is InChI=1S/C40H30N4/c1-3-27-15-21-34-35(23-32-16-14-26(2)41-38(32)37(34)22-27)30-17-19-31(20-18-30)39-42-40-36(29-12-8-5-9-13-29)24-33(25-44(40)43-39)28-10-6-4-7-11-28/h4-25H,3H2,1-2H3. The molecule has 4 nitrogen and oxygen atoms in total. The summed E-state index contributed by atoms with van der Waals surface area (Å²) in [5.74, 6) is 0.703. The number of pyridine rings is 2. The molecule has 0 N–H and O–H groups in total. The van der Waals surface area contributed by atoms with Gasteiger partial charge in [-0.05, 0) is 70.8 Å². The highest BCUT2D eigenvalue weighted by atomic mass is 15.3. The number of nitrogens with zero attached hydrogens (tertiary/aromatic N) is 4. The third-order valence-corrected chi connectivity index (χ3v) is 8.48. The zero-order chi connectivity index (χ0) is 29.6. The summed E-state index contributed by atoms with van der Waals surface area (Å²) in [6.45, 7) is 4.25. The van der Waals surface area contributed by atoms with Crippen molar-refractivity contribution in [3.05, 3.63) is 145 Å². The van der Waals surface area contributed by atoms with Gasteiger partial charge in [-0.15, -0.1) is 5.10 Å². The summed E-state index contributed by atoms with van der Waals surface area (Å²) in [5, 5.41) is 8.54. The Kier molecular flexibility index (Phi) is 6.27. The second-order valence-electron chi connectivity index (χ2n) is 11.3. The highest BCUT2D eigenvalue weighted by molar-refractivity contribution is 6.12. The molecule has 8 rings (SSSR count). The molecular weight excluding hydrogens is 536 g/mol. The van der Waals surface area contributed by atoms with Crippen molar-refractivity contribution >= 4 is 27.3 Å². The van der Waals surface area contributed by atoms with Crippen molar-refractivity contribution in [1.29, 1.82) is 0 Å². The van der Waals surface area contributed by atoms with Gasteiger partial charge in [0, 0.05) is 39.4 Å². The second-order valence-corrected chi connectivity index (χ2v) is 11.3. The minimum atomic E-state index is 0.703. The fourth-order valence-corrected chi connectivity index (χ4v) is 6.14. The van der Waals surface area contributed by atoms with Gasteiger partial charge in [0.1, 0.15) is 0 Å². The molecule has 210 valence electrons. The van der Waals surface area contributed by atoms with Gasteiger partial charge in [-0.25, -0.2) is 9.50 Å². The van der Waals surface area contributed by atoms with Crippen molar-refractivity contribution in [2.24, 2.45) is 0 Å². The van der Waals surface area contributed by atoms with Gasteiger partial charge >= 0.3 is 0 Å². The van der Waals surface area contributed by atoms with Crippen molar-refractivity contribution < 1.29 is 0 Å². The van der Waals surface area contributed by atoms with Crippen LogP contribution in [0.25, 0.3) is 72.1 Å². The summed E-state index contributed by atoms with van der Waals surface area (Å²) in [6.07, 6.45) is 3.07. The molecular formula is C40H30N4. The molecule has 0 spiro atoms. The summed E-state index contributed by atoms with van der Waals surface area (Å²) in [5.41, 5.74) is 12.0. The lowest BCUT2D eigenvalue weighted by Crippen LogP contribution is -1.93. The lowest BCUT2D eigenvalue weighted by Gasteiger charge is -2.12. The minimum absolute atomic E-state index is 0.703. The summed E-state index contributed by atoms with van der Waals surface area (Å²) in [6, 6.07) is 45.0. The molecule has 0 radical (unpaired) electrons. The Hall–Kier alpha value is -5.61. The zero-order valence-electron chi connectivity index (χ0n) is 24.7. The molecule has 3 heterocycles. The lowest BCUT2D eigenvalue weighted by atomic mass is 9.93. The van der Waals surface area contributed by atoms with E-state index in [0.717, 1.165) is 62.0 Å². The Morgan fingerprint density at radius 2 is 1.27 bits per heavy atom. The molecule has 8 aromatic rings. The zero-order valence-corrected chi connectivity index (χ0v) is 24.7. The molecule has 0 aliphatic rings. The summed E-state index contributed by atoms with van der Waals surface area (Å²) in [7, 11) is 0. The number of benzene rings is 5. The summed E-state index contributed by atoms with van der Waals surface area (Å²) < 4.78 is 1.92. The molecule has 0 amide bonds. The Morgan fingerprint density at radius 1 is 0.568 bits per heavy atom. The van der Waals surface area contributed by atoms with Crippen LogP contribution in [0.1, 0.15) is 18.2 Å². The Bertz CT molecular complexity index is 2300. The van der Waals surface area contributed by atoms with Crippen LogP contribution >= 0.6 is 0 Å². The van der Waals surface area contributed by atoms with Crippen LogP contribution in [0.4, 0.5) is 0 Å². The molecule has 44 heavy (non-hydrogen) atoms. The Labute approximate surface area is 256 Å². The number of aryl methyl sites for hydroxylation is 2. The number of rotatable bonds is 5. The van der Waals surface area contributed by atoms with E-state index in [4.69, 9.17) is 15.1 Å². The lowest BCUT2D eigenvalue weighted by molar-refractivity contribution is 0.968. The van der Waals surface area contributed by atoms with Crippen LogP contribution in [0, 0.1) is 6.92 Å². The third kappa shape index (κ3) is 4.52. The van der Waals surface area contributed by atoms with E-state index in [2.05, 4.69) is 135 Å². The van der Waals surface area contributed by atoms with Gasteiger partial charge < -0.3 is 0 Å².